The number of carbonyl (C=O) groups is 2. The first kappa shape index (κ1) is 18.1. The van der Waals surface area contributed by atoms with E-state index in [1.165, 1.54) is 4.90 Å². The van der Waals surface area contributed by atoms with Gasteiger partial charge in [-0.3, -0.25) is 14.5 Å². The maximum Gasteiger partial charge on any atom is 0.262 e. The first-order valence-corrected chi connectivity index (χ1v) is 9.02. The van der Waals surface area contributed by atoms with Gasteiger partial charge in [0.1, 0.15) is 16.7 Å². The Morgan fingerprint density at radius 3 is 2.46 bits per heavy atom. The van der Waals surface area contributed by atoms with Gasteiger partial charge >= 0.3 is 0 Å². The summed E-state index contributed by atoms with van der Waals surface area (Å²) in [5.74, 6) is -1.08. The highest BCUT2D eigenvalue weighted by Gasteiger charge is 2.40. The molecule has 2 aromatic carbocycles. The number of para-hydroxylation sites is 1. The summed E-state index contributed by atoms with van der Waals surface area (Å²) in [6.45, 7) is 0. The lowest BCUT2D eigenvalue weighted by Gasteiger charge is -2.18. The van der Waals surface area contributed by atoms with E-state index in [0.717, 1.165) is 17.3 Å². The minimum Gasteiger partial charge on any atom is -0.365 e. The van der Waals surface area contributed by atoms with Crippen LogP contribution in [0.4, 0.5) is 5.69 Å². The number of nitrogens with zero attached hydrogens (tertiary/aromatic N) is 2. The number of primary amides is 1. The number of anilines is 1. The van der Waals surface area contributed by atoms with Crippen molar-refractivity contribution in [3.63, 3.8) is 0 Å². The van der Waals surface area contributed by atoms with Crippen LogP contribution in [0.5, 0.6) is 0 Å². The molecule has 0 saturated carbocycles. The number of carbonyl (C=O) groups excluding carboxylic acids is 2. The van der Waals surface area contributed by atoms with Crippen LogP contribution in [0.15, 0.2) is 65.2 Å². The first-order chi connectivity index (χ1) is 12.5. The van der Waals surface area contributed by atoms with Gasteiger partial charge in [0.05, 0.1) is 5.25 Å². The molecule has 26 heavy (non-hydrogen) atoms. The second-order valence-corrected chi connectivity index (χ2v) is 7.17. The molecule has 1 unspecified atom stereocenters. The SMILES string of the molecule is N#CC(C(N)=O)=C1SC(Cc2ccccc2Cl)C(=O)N1c1ccccc1. The predicted octanol–water partition coefficient (Wildman–Crippen LogP) is 3.25. The molecule has 0 aliphatic carbocycles. The van der Waals surface area contributed by atoms with Gasteiger partial charge in [-0.15, -0.1) is 0 Å². The highest BCUT2D eigenvalue weighted by molar-refractivity contribution is 8.05. The summed E-state index contributed by atoms with van der Waals surface area (Å²) in [7, 11) is 0. The molecule has 1 heterocycles. The fourth-order valence-electron chi connectivity index (χ4n) is 2.68. The Kier molecular flexibility index (Phi) is 5.31. The number of nitrogens with two attached hydrogens (primary N) is 1. The molecule has 130 valence electrons. The summed E-state index contributed by atoms with van der Waals surface area (Å²) >= 11 is 7.37. The Bertz CT molecular complexity index is 937. The summed E-state index contributed by atoms with van der Waals surface area (Å²) in [5, 5.41) is 9.67. The van der Waals surface area contributed by atoms with Gasteiger partial charge in [-0.25, -0.2) is 0 Å². The Morgan fingerprint density at radius 1 is 1.19 bits per heavy atom. The fraction of sp³-hybridized carbons (Fsp3) is 0.105. The smallest absolute Gasteiger partial charge is 0.262 e. The lowest BCUT2D eigenvalue weighted by Crippen LogP contribution is -2.31. The molecule has 1 atom stereocenters. The van der Waals surface area contributed by atoms with Crippen LogP contribution in [0.25, 0.3) is 0 Å². The molecule has 7 heteroatoms. The van der Waals surface area contributed by atoms with Crippen LogP contribution in [0.2, 0.25) is 5.02 Å². The van der Waals surface area contributed by atoms with Gasteiger partial charge in [-0.2, -0.15) is 5.26 Å². The molecule has 1 aliphatic heterocycles. The minimum atomic E-state index is -0.859. The second-order valence-electron chi connectivity index (χ2n) is 5.57. The molecular formula is C19H14ClN3O2S. The first-order valence-electron chi connectivity index (χ1n) is 7.76. The Morgan fingerprint density at radius 2 is 1.85 bits per heavy atom. The number of hydrogen-bond acceptors (Lipinski definition) is 4. The van der Waals surface area contributed by atoms with Crippen molar-refractivity contribution >= 4 is 40.9 Å². The molecule has 0 bridgehead atoms. The summed E-state index contributed by atoms with van der Waals surface area (Å²) < 4.78 is 0. The van der Waals surface area contributed by atoms with Gasteiger partial charge in [0.15, 0.2) is 0 Å². The number of amides is 2. The van der Waals surface area contributed by atoms with E-state index < -0.39 is 11.2 Å². The zero-order valence-electron chi connectivity index (χ0n) is 13.6. The molecule has 3 rings (SSSR count). The topological polar surface area (TPSA) is 87.2 Å². The molecule has 1 aliphatic rings. The van der Waals surface area contributed by atoms with Crippen LogP contribution in [-0.2, 0) is 16.0 Å². The Labute approximate surface area is 160 Å². The molecule has 2 amide bonds. The van der Waals surface area contributed by atoms with Crippen LogP contribution >= 0.6 is 23.4 Å². The number of halogens is 1. The van der Waals surface area contributed by atoms with E-state index in [9.17, 15) is 14.9 Å². The monoisotopic (exact) mass is 383 g/mol. The average Bonchev–Trinajstić information content (AvgIpc) is 2.94. The lowest BCUT2D eigenvalue weighted by atomic mass is 10.1. The molecule has 1 fully saturated rings. The van der Waals surface area contributed by atoms with Gasteiger partial charge in [-0.05, 0) is 30.2 Å². The van der Waals surface area contributed by atoms with Gasteiger partial charge < -0.3 is 5.73 Å². The van der Waals surface area contributed by atoms with Crippen LogP contribution in [0.3, 0.4) is 0 Å². The third-order valence-corrected chi connectivity index (χ3v) is 5.53. The number of hydrogen-bond donors (Lipinski definition) is 1. The zero-order valence-corrected chi connectivity index (χ0v) is 15.1. The van der Waals surface area contributed by atoms with E-state index in [4.69, 9.17) is 17.3 Å². The van der Waals surface area contributed by atoms with E-state index in [0.29, 0.717) is 17.1 Å². The van der Waals surface area contributed by atoms with E-state index in [1.807, 2.05) is 30.3 Å². The maximum absolute atomic E-state index is 13.0. The molecule has 0 radical (unpaired) electrons. The lowest BCUT2D eigenvalue weighted by molar-refractivity contribution is -0.117. The fourth-order valence-corrected chi connectivity index (χ4v) is 4.19. The van der Waals surface area contributed by atoms with E-state index in [2.05, 4.69) is 0 Å². The molecule has 0 spiro atoms. The summed E-state index contributed by atoms with van der Waals surface area (Å²) in [4.78, 5) is 26.1. The van der Waals surface area contributed by atoms with Gasteiger partial charge in [0.2, 0.25) is 5.91 Å². The number of rotatable bonds is 4. The van der Waals surface area contributed by atoms with Crippen molar-refractivity contribution in [1.82, 2.24) is 0 Å². The largest absolute Gasteiger partial charge is 0.365 e. The van der Waals surface area contributed by atoms with E-state index in [-0.39, 0.29) is 16.5 Å². The average molecular weight is 384 g/mol. The van der Waals surface area contributed by atoms with Crippen molar-refractivity contribution < 1.29 is 9.59 Å². The summed E-state index contributed by atoms with van der Waals surface area (Å²) in [6.07, 6.45) is 0.382. The summed E-state index contributed by atoms with van der Waals surface area (Å²) in [5.41, 5.74) is 6.52. The van der Waals surface area contributed by atoms with Gasteiger partial charge in [-0.1, -0.05) is 59.8 Å². The molecule has 0 aromatic heterocycles. The predicted molar refractivity (Wildman–Crippen MR) is 102 cm³/mol. The van der Waals surface area contributed by atoms with Crippen molar-refractivity contribution in [2.75, 3.05) is 4.90 Å². The minimum absolute atomic E-state index is 0.217. The molecule has 2 aromatic rings. The number of thioether (sulfide) groups is 1. The normalized spacial score (nSPS) is 18.5. The quantitative estimate of drug-likeness (QED) is 0.648. The van der Waals surface area contributed by atoms with Crippen LogP contribution < -0.4 is 10.6 Å². The Balaban J connectivity index is 2.04. The third-order valence-electron chi connectivity index (χ3n) is 3.90. The van der Waals surface area contributed by atoms with Crippen LogP contribution in [-0.4, -0.2) is 17.1 Å². The van der Waals surface area contributed by atoms with E-state index in [1.54, 1.807) is 30.3 Å². The zero-order chi connectivity index (χ0) is 18.7. The Hall–Kier alpha value is -2.75. The molecular weight excluding hydrogens is 370 g/mol. The molecule has 2 N–H and O–H groups in total. The van der Waals surface area contributed by atoms with Gasteiger partial charge in [0.25, 0.3) is 5.91 Å². The standard InChI is InChI=1S/C19H14ClN3O2S/c20-15-9-5-4-6-12(15)10-16-18(25)23(13-7-2-1-3-8-13)19(26-16)14(11-21)17(22)24/h1-9,16H,10H2,(H2,22,24). The highest BCUT2D eigenvalue weighted by atomic mass is 35.5. The number of benzene rings is 2. The van der Waals surface area contributed by atoms with Crippen molar-refractivity contribution in [3.8, 4) is 6.07 Å². The van der Waals surface area contributed by atoms with Crippen molar-refractivity contribution in [3.05, 3.63) is 75.8 Å². The van der Waals surface area contributed by atoms with Gasteiger partial charge in [0, 0.05) is 10.7 Å². The van der Waals surface area contributed by atoms with Crippen molar-refractivity contribution in [2.45, 2.75) is 11.7 Å². The van der Waals surface area contributed by atoms with Crippen molar-refractivity contribution in [1.29, 1.82) is 5.26 Å². The highest BCUT2D eigenvalue weighted by Crippen LogP contribution is 2.42. The third kappa shape index (κ3) is 3.45. The number of nitriles is 1. The summed E-state index contributed by atoms with van der Waals surface area (Å²) in [6, 6.07) is 18.0. The van der Waals surface area contributed by atoms with Crippen LogP contribution in [0, 0.1) is 11.3 Å². The van der Waals surface area contributed by atoms with Crippen molar-refractivity contribution in [2.24, 2.45) is 5.73 Å². The molecule has 5 nitrogen and oxygen atoms in total. The van der Waals surface area contributed by atoms with E-state index >= 15 is 0 Å². The van der Waals surface area contributed by atoms with Crippen LogP contribution in [0.1, 0.15) is 5.56 Å². The second kappa shape index (κ2) is 7.65. The molecule has 1 saturated heterocycles. The maximum atomic E-state index is 13.0.